The van der Waals surface area contributed by atoms with Crippen LogP contribution in [0.25, 0.3) is 0 Å². The molecular weight excluding hydrogens is 312 g/mol. The molecule has 1 aliphatic carbocycles. The highest BCUT2D eigenvalue weighted by Gasteiger charge is 2.34. The Morgan fingerprint density at radius 2 is 2.24 bits per heavy atom. The van der Waals surface area contributed by atoms with Gasteiger partial charge in [0.2, 0.25) is 0 Å². The van der Waals surface area contributed by atoms with E-state index in [2.05, 4.69) is 44.5 Å². The van der Waals surface area contributed by atoms with Crippen LogP contribution in [0.15, 0.2) is 43.0 Å². The summed E-state index contributed by atoms with van der Waals surface area (Å²) >= 11 is 0. The van der Waals surface area contributed by atoms with Gasteiger partial charge in [0, 0.05) is 44.1 Å². The fraction of sp³-hybridized carbons (Fsp3) is 0.550. The Balaban J connectivity index is 1.34. The smallest absolute Gasteiger partial charge is 0.0949 e. The van der Waals surface area contributed by atoms with E-state index in [-0.39, 0.29) is 0 Å². The van der Waals surface area contributed by atoms with Crippen molar-refractivity contribution in [3.63, 3.8) is 0 Å². The van der Waals surface area contributed by atoms with Crippen molar-refractivity contribution in [3.05, 3.63) is 54.1 Å². The summed E-state index contributed by atoms with van der Waals surface area (Å²) in [6.45, 7) is 4.52. The molecule has 1 aliphatic heterocycles. The molecule has 1 saturated heterocycles. The topological polar surface area (TPSA) is 51.1 Å². The molecule has 3 unspecified atom stereocenters. The molecule has 1 saturated carbocycles. The molecule has 2 aromatic rings. The first-order chi connectivity index (χ1) is 12.4. The van der Waals surface area contributed by atoms with Gasteiger partial charge in [0.15, 0.2) is 0 Å². The van der Waals surface area contributed by atoms with Gasteiger partial charge in [-0.2, -0.15) is 0 Å². The first kappa shape index (κ1) is 16.8. The monoisotopic (exact) mass is 340 g/mol. The molecule has 134 valence electrons. The minimum absolute atomic E-state index is 0.515. The van der Waals surface area contributed by atoms with E-state index in [0.717, 1.165) is 32.8 Å². The molecule has 0 bridgehead atoms. The second kappa shape index (κ2) is 8.13. The van der Waals surface area contributed by atoms with Crippen LogP contribution in [0.1, 0.15) is 30.4 Å². The van der Waals surface area contributed by atoms with Gasteiger partial charge in [-0.3, -0.25) is 0 Å². The summed E-state index contributed by atoms with van der Waals surface area (Å²) in [6.07, 6.45) is 9.60. The molecular formula is C20H28N4O. The third-order valence-electron chi connectivity index (χ3n) is 5.52. The highest BCUT2D eigenvalue weighted by molar-refractivity contribution is 5.24. The Morgan fingerprint density at radius 1 is 1.28 bits per heavy atom. The molecule has 0 radical (unpaired) electrons. The molecule has 1 aromatic carbocycles. The first-order valence-electron chi connectivity index (χ1n) is 9.46. The number of imidazole rings is 1. The number of hydrogen-bond donors (Lipinski definition) is 2. The van der Waals surface area contributed by atoms with Crippen LogP contribution < -0.4 is 10.6 Å². The zero-order valence-electron chi connectivity index (χ0n) is 14.7. The molecule has 0 amide bonds. The van der Waals surface area contributed by atoms with Gasteiger partial charge in [0.1, 0.15) is 0 Å². The Morgan fingerprint density at radius 3 is 3.08 bits per heavy atom. The second-order valence-corrected chi connectivity index (χ2v) is 7.27. The van der Waals surface area contributed by atoms with E-state index in [1.54, 1.807) is 0 Å². The quantitative estimate of drug-likeness (QED) is 0.846. The van der Waals surface area contributed by atoms with Crippen molar-refractivity contribution in [1.29, 1.82) is 0 Å². The van der Waals surface area contributed by atoms with Crippen molar-refractivity contribution >= 4 is 0 Å². The van der Waals surface area contributed by atoms with E-state index in [1.807, 2.05) is 18.7 Å². The number of aromatic nitrogens is 2. The van der Waals surface area contributed by atoms with Crippen LogP contribution in [0.5, 0.6) is 0 Å². The van der Waals surface area contributed by atoms with E-state index in [4.69, 9.17) is 4.74 Å². The lowest BCUT2D eigenvalue weighted by molar-refractivity contribution is 0.0524. The standard InChI is InChI=1S/C20H28N4O/c1-3-16(11-17(4-1)13-24-9-7-21-15-24)12-23-19-6-2-5-18(19)20-14-25-10-8-22-20/h1,3-4,7,9,11,15,18-20,22-23H,2,5-6,8,10,12-14H2. The normalized spacial score (nSPS) is 26.8. The van der Waals surface area contributed by atoms with Gasteiger partial charge in [-0.1, -0.05) is 30.7 Å². The van der Waals surface area contributed by atoms with Gasteiger partial charge in [0.05, 0.1) is 19.5 Å². The molecule has 3 atom stereocenters. The lowest BCUT2D eigenvalue weighted by Gasteiger charge is -2.33. The second-order valence-electron chi connectivity index (χ2n) is 7.27. The van der Waals surface area contributed by atoms with Crippen LogP contribution in [-0.4, -0.2) is 41.4 Å². The predicted octanol–water partition coefficient (Wildman–Crippen LogP) is 2.18. The van der Waals surface area contributed by atoms with Crippen LogP contribution in [0.4, 0.5) is 0 Å². The number of benzene rings is 1. The summed E-state index contributed by atoms with van der Waals surface area (Å²) < 4.78 is 7.78. The lowest BCUT2D eigenvalue weighted by atomic mass is 9.94. The molecule has 5 nitrogen and oxygen atoms in total. The Labute approximate surface area is 149 Å². The Bertz CT molecular complexity index is 651. The van der Waals surface area contributed by atoms with Crippen LogP contribution in [0.2, 0.25) is 0 Å². The highest BCUT2D eigenvalue weighted by atomic mass is 16.5. The summed E-state index contributed by atoms with van der Waals surface area (Å²) in [5.74, 6) is 0.689. The number of ether oxygens (including phenoxy) is 1. The maximum atomic E-state index is 5.67. The van der Waals surface area contributed by atoms with E-state index in [0.29, 0.717) is 18.0 Å². The molecule has 2 heterocycles. The highest BCUT2D eigenvalue weighted by Crippen LogP contribution is 2.29. The van der Waals surface area contributed by atoms with E-state index in [9.17, 15) is 0 Å². The van der Waals surface area contributed by atoms with E-state index < -0.39 is 0 Å². The van der Waals surface area contributed by atoms with Crippen molar-refractivity contribution in [2.75, 3.05) is 19.8 Å². The number of rotatable bonds is 6. The van der Waals surface area contributed by atoms with Crippen molar-refractivity contribution in [1.82, 2.24) is 20.2 Å². The van der Waals surface area contributed by atoms with Gasteiger partial charge in [-0.05, 0) is 29.9 Å². The maximum Gasteiger partial charge on any atom is 0.0949 e. The SMILES string of the molecule is c1cc(CNC2CCCC2C2COCCN2)cc(Cn2ccnc2)c1. The first-order valence-corrected chi connectivity index (χ1v) is 9.46. The van der Waals surface area contributed by atoms with E-state index >= 15 is 0 Å². The summed E-state index contributed by atoms with van der Waals surface area (Å²) in [5.41, 5.74) is 2.68. The summed E-state index contributed by atoms with van der Waals surface area (Å²) in [6, 6.07) is 9.98. The fourth-order valence-electron chi connectivity index (χ4n) is 4.26. The lowest BCUT2D eigenvalue weighted by Crippen LogP contribution is -2.50. The Kier molecular flexibility index (Phi) is 5.45. The molecule has 1 aromatic heterocycles. The molecule has 0 spiro atoms. The molecule has 2 N–H and O–H groups in total. The minimum atomic E-state index is 0.515. The van der Waals surface area contributed by atoms with Crippen molar-refractivity contribution < 1.29 is 4.74 Å². The van der Waals surface area contributed by atoms with Crippen LogP contribution >= 0.6 is 0 Å². The largest absolute Gasteiger partial charge is 0.379 e. The van der Waals surface area contributed by atoms with E-state index in [1.165, 1.54) is 30.4 Å². The number of morpholine rings is 1. The van der Waals surface area contributed by atoms with Crippen LogP contribution in [-0.2, 0) is 17.8 Å². The summed E-state index contributed by atoms with van der Waals surface area (Å²) in [5, 5.41) is 7.47. The summed E-state index contributed by atoms with van der Waals surface area (Å²) in [4.78, 5) is 4.12. The number of nitrogens with one attached hydrogen (secondary N) is 2. The summed E-state index contributed by atoms with van der Waals surface area (Å²) in [7, 11) is 0. The molecule has 25 heavy (non-hydrogen) atoms. The van der Waals surface area contributed by atoms with Gasteiger partial charge in [-0.25, -0.2) is 4.98 Å². The maximum absolute atomic E-state index is 5.67. The number of hydrogen-bond acceptors (Lipinski definition) is 4. The van der Waals surface area contributed by atoms with Gasteiger partial charge in [0.25, 0.3) is 0 Å². The van der Waals surface area contributed by atoms with Crippen molar-refractivity contribution in [2.24, 2.45) is 5.92 Å². The third-order valence-corrected chi connectivity index (χ3v) is 5.52. The van der Waals surface area contributed by atoms with Crippen LogP contribution in [0, 0.1) is 5.92 Å². The van der Waals surface area contributed by atoms with Gasteiger partial charge >= 0.3 is 0 Å². The molecule has 4 rings (SSSR count). The number of nitrogens with zero attached hydrogens (tertiary/aromatic N) is 2. The average molecular weight is 340 g/mol. The van der Waals surface area contributed by atoms with Crippen LogP contribution in [0.3, 0.4) is 0 Å². The van der Waals surface area contributed by atoms with Gasteiger partial charge in [-0.15, -0.1) is 0 Å². The molecule has 2 aliphatic rings. The molecule has 2 fully saturated rings. The zero-order valence-corrected chi connectivity index (χ0v) is 14.7. The fourth-order valence-corrected chi connectivity index (χ4v) is 4.26. The third kappa shape index (κ3) is 4.29. The van der Waals surface area contributed by atoms with Crippen molar-refractivity contribution in [3.8, 4) is 0 Å². The predicted molar refractivity (Wildman–Crippen MR) is 98.3 cm³/mol. The minimum Gasteiger partial charge on any atom is -0.379 e. The molecule has 5 heteroatoms. The van der Waals surface area contributed by atoms with Gasteiger partial charge < -0.3 is 19.9 Å². The average Bonchev–Trinajstić information content (AvgIpc) is 3.33. The zero-order chi connectivity index (χ0) is 16.9. The van der Waals surface area contributed by atoms with Crippen molar-refractivity contribution in [2.45, 2.75) is 44.4 Å². The Hall–Kier alpha value is -1.69.